The number of aromatic amines is 2. The lowest BCUT2D eigenvalue weighted by molar-refractivity contribution is 0.0946. The van der Waals surface area contributed by atoms with Gasteiger partial charge in [-0.15, -0.1) is 0 Å². The molecular formula is C10H11N5O2. The van der Waals surface area contributed by atoms with E-state index in [9.17, 15) is 9.59 Å². The highest BCUT2D eigenvalue weighted by Crippen LogP contribution is 2.05. The van der Waals surface area contributed by atoms with E-state index in [1.807, 2.05) is 0 Å². The molecule has 7 nitrogen and oxygen atoms in total. The number of aromatic nitrogens is 3. The number of anilines is 1. The van der Waals surface area contributed by atoms with E-state index >= 15 is 0 Å². The van der Waals surface area contributed by atoms with Gasteiger partial charge in [0.05, 0.1) is 6.20 Å². The zero-order valence-electron chi connectivity index (χ0n) is 8.86. The highest BCUT2D eigenvalue weighted by molar-refractivity contribution is 5.92. The van der Waals surface area contributed by atoms with Crippen LogP contribution in [0.5, 0.6) is 0 Å². The maximum absolute atomic E-state index is 11.7. The number of carbonyl (C=O) groups is 1. The number of rotatable bonds is 3. The minimum Gasteiger partial charge on any atom is -0.384 e. The minimum atomic E-state index is -0.372. The second-order valence-electron chi connectivity index (χ2n) is 3.42. The van der Waals surface area contributed by atoms with Crippen molar-refractivity contribution in [2.45, 2.75) is 6.54 Å². The first kappa shape index (κ1) is 10.9. The fourth-order valence-corrected chi connectivity index (χ4v) is 1.31. The van der Waals surface area contributed by atoms with Crippen molar-refractivity contribution in [1.29, 1.82) is 0 Å². The third-order valence-corrected chi connectivity index (χ3v) is 2.20. The zero-order chi connectivity index (χ0) is 12.3. The van der Waals surface area contributed by atoms with Crippen molar-refractivity contribution in [3.05, 3.63) is 46.0 Å². The second kappa shape index (κ2) is 4.52. The lowest BCUT2D eigenvalue weighted by Gasteiger charge is -2.03. The Kier molecular flexibility index (Phi) is 2.91. The molecule has 88 valence electrons. The van der Waals surface area contributed by atoms with Crippen LogP contribution in [0.1, 0.15) is 16.1 Å². The number of carbonyl (C=O) groups excluding carboxylic acids is 1. The Bertz CT molecular complexity index is 586. The molecule has 0 aliphatic carbocycles. The van der Waals surface area contributed by atoms with E-state index in [-0.39, 0.29) is 23.7 Å². The molecule has 2 heterocycles. The number of nitrogen functional groups attached to an aromatic ring is 1. The van der Waals surface area contributed by atoms with Gasteiger partial charge in [0, 0.05) is 18.2 Å². The summed E-state index contributed by atoms with van der Waals surface area (Å²) in [6.45, 7) is 0.248. The maximum Gasteiger partial charge on any atom is 0.268 e. The molecule has 1 amide bonds. The van der Waals surface area contributed by atoms with E-state index in [1.165, 1.54) is 24.4 Å². The van der Waals surface area contributed by atoms with Gasteiger partial charge in [-0.2, -0.15) is 5.10 Å². The number of nitrogens with one attached hydrogen (secondary N) is 3. The smallest absolute Gasteiger partial charge is 0.268 e. The molecule has 7 heteroatoms. The molecule has 0 bridgehead atoms. The lowest BCUT2D eigenvalue weighted by atomic mass is 10.3. The van der Waals surface area contributed by atoms with Crippen molar-refractivity contribution in [3.63, 3.8) is 0 Å². The van der Waals surface area contributed by atoms with Crippen molar-refractivity contribution in [2.24, 2.45) is 0 Å². The minimum absolute atomic E-state index is 0.208. The van der Waals surface area contributed by atoms with Gasteiger partial charge >= 0.3 is 0 Å². The van der Waals surface area contributed by atoms with Crippen LogP contribution in [-0.2, 0) is 6.54 Å². The van der Waals surface area contributed by atoms with Crippen LogP contribution in [0.15, 0.2) is 29.2 Å². The molecule has 0 saturated heterocycles. The predicted octanol–water partition coefficient (Wildman–Crippen LogP) is -0.390. The largest absolute Gasteiger partial charge is 0.384 e. The molecule has 0 saturated carbocycles. The first-order chi connectivity index (χ1) is 8.16. The predicted molar refractivity (Wildman–Crippen MR) is 61.2 cm³/mol. The molecule has 2 rings (SSSR count). The van der Waals surface area contributed by atoms with Gasteiger partial charge in [-0.3, -0.25) is 14.7 Å². The molecule has 0 fully saturated rings. The van der Waals surface area contributed by atoms with Crippen LogP contribution in [0.3, 0.4) is 0 Å². The summed E-state index contributed by atoms with van der Waals surface area (Å²) in [5.41, 5.74) is 6.14. The summed E-state index contributed by atoms with van der Waals surface area (Å²) in [4.78, 5) is 25.1. The average molecular weight is 233 g/mol. The van der Waals surface area contributed by atoms with Crippen LogP contribution in [0, 0.1) is 0 Å². The summed E-state index contributed by atoms with van der Waals surface area (Å²) in [6.07, 6.45) is 1.53. The normalized spacial score (nSPS) is 10.1. The van der Waals surface area contributed by atoms with Crippen molar-refractivity contribution >= 4 is 11.7 Å². The second-order valence-corrected chi connectivity index (χ2v) is 3.42. The Morgan fingerprint density at radius 3 is 2.94 bits per heavy atom. The fraction of sp³-hybridized carbons (Fsp3) is 0.100. The van der Waals surface area contributed by atoms with Gasteiger partial charge in [-0.05, 0) is 6.07 Å². The van der Waals surface area contributed by atoms with Crippen LogP contribution in [0.2, 0.25) is 0 Å². The highest BCUT2D eigenvalue weighted by Gasteiger charge is 2.07. The molecule has 0 aromatic carbocycles. The number of nitrogens with two attached hydrogens (primary N) is 1. The Labute approximate surface area is 96.0 Å². The summed E-state index contributed by atoms with van der Waals surface area (Å²) in [5.74, 6) is 0.0372. The lowest BCUT2D eigenvalue weighted by Crippen LogP contribution is -2.25. The Hall–Kier alpha value is -2.57. The Morgan fingerprint density at radius 1 is 1.47 bits per heavy atom. The van der Waals surface area contributed by atoms with E-state index in [0.29, 0.717) is 11.4 Å². The quantitative estimate of drug-likeness (QED) is 0.577. The van der Waals surface area contributed by atoms with Crippen molar-refractivity contribution < 1.29 is 4.79 Å². The number of nitrogens with zero attached hydrogens (tertiary/aromatic N) is 1. The fourth-order valence-electron chi connectivity index (χ4n) is 1.31. The van der Waals surface area contributed by atoms with Crippen LogP contribution in [-0.4, -0.2) is 21.1 Å². The molecule has 0 aliphatic rings. The Morgan fingerprint density at radius 2 is 2.29 bits per heavy atom. The summed E-state index contributed by atoms with van der Waals surface area (Å²) in [6, 6.07) is 4.38. The third kappa shape index (κ3) is 2.51. The molecule has 0 radical (unpaired) electrons. The van der Waals surface area contributed by atoms with Crippen molar-refractivity contribution in [3.8, 4) is 0 Å². The summed E-state index contributed by atoms with van der Waals surface area (Å²) < 4.78 is 0. The molecular weight excluding hydrogens is 222 g/mol. The van der Waals surface area contributed by atoms with E-state index < -0.39 is 0 Å². The topological polar surface area (TPSA) is 117 Å². The van der Waals surface area contributed by atoms with Gasteiger partial charge in [-0.1, -0.05) is 6.07 Å². The third-order valence-electron chi connectivity index (χ3n) is 2.20. The van der Waals surface area contributed by atoms with Crippen molar-refractivity contribution in [1.82, 2.24) is 20.5 Å². The SMILES string of the molecule is Nc1[nH]ncc1CNC(=O)c1cccc(=O)[nH]1. The standard InChI is InChI=1S/C10H11N5O2/c11-9-6(5-13-15-9)4-12-10(17)7-2-1-3-8(16)14-7/h1-3,5H,4H2,(H,12,17)(H,14,16)(H3,11,13,15). The zero-order valence-corrected chi connectivity index (χ0v) is 8.86. The summed E-state index contributed by atoms with van der Waals surface area (Å²) in [7, 11) is 0. The van der Waals surface area contributed by atoms with Crippen LogP contribution in [0.4, 0.5) is 5.82 Å². The number of hydrogen-bond donors (Lipinski definition) is 4. The van der Waals surface area contributed by atoms with Crippen LogP contribution in [0.25, 0.3) is 0 Å². The highest BCUT2D eigenvalue weighted by atomic mass is 16.2. The molecule has 0 atom stereocenters. The number of amides is 1. The van der Waals surface area contributed by atoms with E-state index in [0.717, 1.165) is 0 Å². The average Bonchev–Trinajstić information content (AvgIpc) is 2.72. The monoisotopic (exact) mass is 233 g/mol. The van der Waals surface area contributed by atoms with Gasteiger partial charge in [0.2, 0.25) is 5.56 Å². The van der Waals surface area contributed by atoms with E-state index in [4.69, 9.17) is 5.73 Å². The van der Waals surface area contributed by atoms with E-state index in [2.05, 4.69) is 20.5 Å². The molecule has 0 aliphatic heterocycles. The maximum atomic E-state index is 11.7. The van der Waals surface area contributed by atoms with Gasteiger partial charge in [0.1, 0.15) is 11.5 Å². The molecule has 0 unspecified atom stereocenters. The summed E-state index contributed by atoms with van der Waals surface area (Å²) in [5, 5.41) is 8.91. The van der Waals surface area contributed by atoms with Gasteiger partial charge in [-0.25, -0.2) is 0 Å². The van der Waals surface area contributed by atoms with Crippen LogP contribution >= 0.6 is 0 Å². The van der Waals surface area contributed by atoms with E-state index in [1.54, 1.807) is 0 Å². The first-order valence-electron chi connectivity index (χ1n) is 4.92. The number of hydrogen-bond acceptors (Lipinski definition) is 4. The van der Waals surface area contributed by atoms with Gasteiger partial charge in [0.15, 0.2) is 0 Å². The molecule has 2 aromatic heterocycles. The molecule has 0 spiro atoms. The van der Waals surface area contributed by atoms with Gasteiger partial charge < -0.3 is 16.0 Å². The molecule has 17 heavy (non-hydrogen) atoms. The van der Waals surface area contributed by atoms with Gasteiger partial charge in [0.25, 0.3) is 5.91 Å². The first-order valence-corrected chi connectivity index (χ1v) is 4.92. The van der Waals surface area contributed by atoms with Crippen molar-refractivity contribution in [2.75, 3.05) is 5.73 Å². The molecule has 2 aromatic rings. The Balaban J connectivity index is 2.03. The summed E-state index contributed by atoms with van der Waals surface area (Å²) >= 11 is 0. The molecule has 5 N–H and O–H groups in total. The number of pyridine rings is 1. The number of H-pyrrole nitrogens is 2. The van der Waals surface area contributed by atoms with Crippen LogP contribution < -0.4 is 16.6 Å².